The predicted octanol–water partition coefficient (Wildman–Crippen LogP) is 2.16. The molecule has 7 heteroatoms. The van der Waals surface area contributed by atoms with E-state index in [2.05, 4.69) is 18.6 Å². The van der Waals surface area contributed by atoms with Crippen molar-refractivity contribution >= 4 is 27.3 Å². The third-order valence-electron chi connectivity index (χ3n) is 2.36. The largest absolute Gasteiger partial charge is 0.477 e. The Morgan fingerprint density at radius 1 is 1.50 bits per heavy atom. The molecule has 1 rings (SSSR count). The Balaban J connectivity index is 2.69. The molecule has 0 aliphatic rings. The fourth-order valence-corrected chi connectivity index (χ4v) is 3.79. The first-order valence-electron chi connectivity index (χ1n) is 5.65. The lowest BCUT2D eigenvalue weighted by atomic mass is 10.1. The zero-order valence-corrected chi connectivity index (χ0v) is 12.0. The summed E-state index contributed by atoms with van der Waals surface area (Å²) >= 11 is 0.910. The van der Waals surface area contributed by atoms with Crippen LogP contribution in [0.3, 0.4) is 0 Å². The highest BCUT2D eigenvalue weighted by molar-refractivity contribution is 7.89. The van der Waals surface area contributed by atoms with E-state index in [0.29, 0.717) is 12.5 Å². The Morgan fingerprint density at radius 2 is 2.17 bits per heavy atom. The van der Waals surface area contributed by atoms with Gasteiger partial charge in [0.05, 0.1) is 0 Å². The quantitative estimate of drug-likeness (QED) is 0.754. The predicted molar refractivity (Wildman–Crippen MR) is 70.5 cm³/mol. The zero-order valence-electron chi connectivity index (χ0n) is 10.3. The third kappa shape index (κ3) is 4.08. The van der Waals surface area contributed by atoms with Crippen LogP contribution in [0, 0.1) is 5.92 Å². The van der Waals surface area contributed by atoms with Gasteiger partial charge in [-0.25, -0.2) is 17.9 Å². The van der Waals surface area contributed by atoms with Crippen LogP contribution in [-0.4, -0.2) is 26.0 Å². The molecule has 5 nitrogen and oxygen atoms in total. The van der Waals surface area contributed by atoms with Crippen LogP contribution in [0.5, 0.6) is 0 Å². The molecule has 2 N–H and O–H groups in total. The molecule has 0 atom stereocenters. The Labute approximate surface area is 111 Å². The number of sulfonamides is 1. The van der Waals surface area contributed by atoms with E-state index < -0.39 is 16.0 Å². The van der Waals surface area contributed by atoms with Gasteiger partial charge in [-0.3, -0.25) is 0 Å². The second-order valence-corrected chi connectivity index (χ2v) is 7.00. The van der Waals surface area contributed by atoms with Crippen LogP contribution < -0.4 is 4.72 Å². The summed E-state index contributed by atoms with van der Waals surface area (Å²) in [5.74, 6) is -0.696. The number of thiophene rings is 1. The van der Waals surface area contributed by atoms with Crippen LogP contribution in [-0.2, 0) is 10.0 Å². The lowest BCUT2D eigenvalue weighted by Gasteiger charge is -2.07. The van der Waals surface area contributed by atoms with Gasteiger partial charge in [-0.1, -0.05) is 13.8 Å². The highest BCUT2D eigenvalue weighted by atomic mass is 32.2. The van der Waals surface area contributed by atoms with Crippen LogP contribution in [0.4, 0.5) is 0 Å². The minimum absolute atomic E-state index is 0.147. The van der Waals surface area contributed by atoms with E-state index >= 15 is 0 Å². The first-order valence-corrected chi connectivity index (χ1v) is 8.01. The molecule has 1 aromatic rings. The number of nitrogens with one attached hydrogen (secondary N) is 1. The molecular weight excluding hydrogens is 274 g/mol. The van der Waals surface area contributed by atoms with Gasteiger partial charge in [0, 0.05) is 6.54 Å². The van der Waals surface area contributed by atoms with Crippen LogP contribution >= 0.6 is 11.3 Å². The summed E-state index contributed by atoms with van der Waals surface area (Å²) in [7, 11) is -3.71. The summed E-state index contributed by atoms with van der Waals surface area (Å²) in [5.41, 5.74) is 0. The highest BCUT2D eigenvalue weighted by Crippen LogP contribution is 2.21. The van der Waals surface area contributed by atoms with Gasteiger partial charge in [-0.15, -0.1) is 11.3 Å². The number of carboxylic acid groups (broad SMARTS) is 1. The van der Waals surface area contributed by atoms with Gasteiger partial charge in [0.1, 0.15) is 9.77 Å². The summed E-state index contributed by atoms with van der Waals surface area (Å²) in [6.45, 7) is 4.46. The van der Waals surface area contributed by atoms with E-state index in [1.54, 1.807) is 0 Å². The number of carbonyl (C=O) groups is 1. The van der Waals surface area contributed by atoms with Crippen molar-refractivity contribution in [3.63, 3.8) is 0 Å². The highest BCUT2D eigenvalue weighted by Gasteiger charge is 2.23. The molecule has 0 spiro atoms. The maximum absolute atomic E-state index is 11.9. The second-order valence-electron chi connectivity index (χ2n) is 4.35. The maximum atomic E-state index is 11.9. The fourth-order valence-electron chi connectivity index (χ4n) is 1.46. The molecule has 102 valence electrons. The number of hydrogen-bond donors (Lipinski definition) is 2. The summed E-state index contributed by atoms with van der Waals surface area (Å²) in [6.07, 6.45) is 1.67. The summed E-state index contributed by atoms with van der Waals surface area (Å²) in [5, 5.41) is 10.3. The topological polar surface area (TPSA) is 83.5 Å². The average molecular weight is 291 g/mol. The van der Waals surface area contributed by atoms with Crippen molar-refractivity contribution in [3.8, 4) is 0 Å². The molecule has 0 unspecified atom stereocenters. The van der Waals surface area contributed by atoms with Gasteiger partial charge >= 0.3 is 5.97 Å². The standard InChI is InChI=1S/C11H17NO4S2/c1-8(2)4-3-6-12-18(15,16)9-5-7-17-10(9)11(13)14/h5,7-8,12H,3-4,6H2,1-2H3,(H,13,14). The van der Waals surface area contributed by atoms with Crippen molar-refractivity contribution in [2.45, 2.75) is 31.6 Å². The first-order chi connectivity index (χ1) is 8.34. The second kappa shape index (κ2) is 6.31. The number of hydrogen-bond acceptors (Lipinski definition) is 4. The fraction of sp³-hybridized carbons (Fsp3) is 0.545. The van der Waals surface area contributed by atoms with Gasteiger partial charge in [0.15, 0.2) is 0 Å². The summed E-state index contributed by atoms with van der Waals surface area (Å²) < 4.78 is 26.2. The van der Waals surface area contributed by atoms with E-state index in [-0.39, 0.29) is 9.77 Å². The molecular formula is C11H17NO4S2. The minimum Gasteiger partial charge on any atom is -0.477 e. The number of rotatable bonds is 7. The van der Waals surface area contributed by atoms with Crippen molar-refractivity contribution in [1.29, 1.82) is 0 Å². The number of carboxylic acids is 1. The lowest BCUT2D eigenvalue weighted by Crippen LogP contribution is -2.26. The van der Waals surface area contributed by atoms with Gasteiger partial charge in [0.2, 0.25) is 10.0 Å². The van der Waals surface area contributed by atoms with Crippen LogP contribution in [0.2, 0.25) is 0 Å². The van der Waals surface area contributed by atoms with Crippen molar-refractivity contribution in [2.75, 3.05) is 6.54 Å². The normalized spacial score (nSPS) is 11.9. The van der Waals surface area contributed by atoms with Crippen LogP contribution in [0.1, 0.15) is 36.4 Å². The van der Waals surface area contributed by atoms with Crippen molar-refractivity contribution in [3.05, 3.63) is 16.3 Å². The van der Waals surface area contributed by atoms with E-state index in [0.717, 1.165) is 24.2 Å². The molecule has 0 saturated carbocycles. The van der Waals surface area contributed by atoms with Crippen LogP contribution in [0.15, 0.2) is 16.3 Å². The van der Waals surface area contributed by atoms with E-state index in [1.165, 1.54) is 11.4 Å². The van der Waals surface area contributed by atoms with Crippen molar-refractivity contribution < 1.29 is 18.3 Å². The minimum atomic E-state index is -3.71. The zero-order chi connectivity index (χ0) is 13.8. The Bertz CT molecular complexity index is 505. The molecule has 0 aromatic carbocycles. The van der Waals surface area contributed by atoms with Crippen molar-refractivity contribution in [1.82, 2.24) is 4.72 Å². The smallest absolute Gasteiger partial charge is 0.347 e. The molecule has 0 aliphatic carbocycles. The molecule has 0 radical (unpaired) electrons. The van der Waals surface area contributed by atoms with Crippen molar-refractivity contribution in [2.24, 2.45) is 5.92 Å². The molecule has 0 bridgehead atoms. The van der Waals surface area contributed by atoms with Crippen LogP contribution in [0.25, 0.3) is 0 Å². The SMILES string of the molecule is CC(C)CCCNS(=O)(=O)c1ccsc1C(=O)O. The Morgan fingerprint density at radius 3 is 2.72 bits per heavy atom. The summed E-state index contributed by atoms with van der Waals surface area (Å²) in [6, 6.07) is 1.32. The maximum Gasteiger partial charge on any atom is 0.347 e. The molecule has 1 heterocycles. The Kier molecular flexibility index (Phi) is 5.30. The Hall–Kier alpha value is -0.920. The first kappa shape index (κ1) is 15.1. The van der Waals surface area contributed by atoms with Gasteiger partial charge < -0.3 is 5.11 Å². The lowest BCUT2D eigenvalue weighted by molar-refractivity contribution is 0.0698. The summed E-state index contributed by atoms with van der Waals surface area (Å²) in [4.78, 5) is 10.6. The van der Waals surface area contributed by atoms with E-state index in [4.69, 9.17) is 5.11 Å². The average Bonchev–Trinajstić information content (AvgIpc) is 2.73. The third-order valence-corrected chi connectivity index (χ3v) is 4.90. The number of aromatic carboxylic acids is 1. The molecule has 18 heavy (non-hydrogen) atoms. The van der Waals surface area contributed by atoms with E-state index in [9.17, 15) is 13.2 Å². The van der Waals surface area contributed by atoms with Gasteiger partial charge in [-0.2, -0.15) is 0 Å². The molecule has 0 saturated heterocycles. The molecule has 0 aliphatic heterocycles. The molecule has 0 fully saturated rings. The molecule has 1 aromatic heterocycles. The van der Waals surface area contributed by atoms with Gasteiger partial charge in [-0.05, 0) is 30.2 Å². The monoisotopic (exact) mass is 291 g/mol. The molecule has 0 amide bonds. The van der Waals surface area contributed by atoms with Gasteiger partial charge in [0.25, 0.3) is 0 Å². The van der Waals surface area contributed by atoms with E-state index in [1.807, 2.05) is 0 Å².